The standard InChI is InChI=1S/C11H20N2O2S/c1-11(2,3)15-10(14)13-7-5-9(16-4)12-6-8-13/h5-8H2,1-4H3. The van der Waals surface area contributed by atoms with Gasteiger partial charge in [-0.2, -0.15) is 0 Å². The van der Waals surface area contributed by atoms with E-state index in [2.05, 4.69) is 4.99 Å². The minimum Gasteiger partial charge on any atom is -0.444 e. The molecule has 1 aliphatic heterocycles. The highest BCUT2D eigenvalue weighted by molar-refractivity contribution is 8.13. The van der Waals surface area contributed by atoms with Crippen molar-refractivity contribution in [1.82, 2.24) is 4.90 Å². The van der Waals surface area contributed by atoms with E-state index in [0.29, 0.717) is 19.6 Å². The Balaban J connectivity index is 2.48. The summed E-state index contributed by atoms with van der Waals surface area (Å²) in [5.41, 5.74) is -0.424. The fraction of sp³-hybridized carbons (Fsp3) is 0.818. The van der Waals surface area contributed by atoms with Crippen molar-refractivity contribution in [2.24, 2.45) is 4.99 Å². The second-order valence-corrected chi connectivity index (χ2v) is 5.58. The van der Waals surface area contributed by atoms with Gasteiger partial charge in [0.15, 0.2) is 0 Å². The highest BCUT2D eigenvalue weighted by Gasteiger charge is 2.23. The Kier molecular flexibility index (Phi) is 4.65. The normalized spacial score (nSPS) is 17.8. The third kappa shape index (κ3) is 4.43. The van der Waals surface area contributed by atoms with E-state index in [1.807, 2.05) is 27.0 Å². The van der Waals surface area contributed by atoms with Gasteiger partial charge in [0.25, 0.3) is 0 Å². The summed E-state index contributed by atoms with van der Waals surface area (Å²) in [5.74, 6) is 0. The van der Waals surface area contributed by atoms with Crippen LogP contribution in [0.3, 0.4) is 0 Å². The molecule has 0 N–H and O–H groups in total. The molecule has 0 unspecified atom stereocenters. The van der Waals surface area contributed by atoms with E-state index in [0.717, 1.165) is 11.5 Å². The Morgan fingerprint density at radius 1 is 1.44 bits per heavy atom. The second-order valence-electron chi connectivity index (χ2n) is 4.70. The fourth-order valence-electron chi connectivity index (χ4n) is 1.39. The number of carbonyl (C=O) groups is 1. The number of carbonyl (C=O) groups excluding carboxylic acids is 1. The molecule has 1 amide bonds. The maximum Gasteiger partial charge on any atom is 0.410 e. The summed E-state index contributed by atoms with van der Waals surface area (Å²) >= 11 is 1.66. The van der Waals surface area contributed by atoms with Crippen LogP contribution < -0.4 is 0 Å². The van der Waals surface area contributed by atoms with Gasteiger partial charge < -0.3 is 9.64 Å². The SMILES string of the molecule is CSC1=NCCN(C(=O)OC(C)(C)C)CC1. The average Bonchev–Trinajstić information content (AvgIpc) is 2.39. The Labute approximate surface area is 101 Å². The first-order valence-corrected chi connectivity index (χ1v) is 6.70. The first-order valence-electron chi connectivity index (χ1n) is 5.47. The van der Waals surface area contributed by atoms with Crippen molar-refractivity contribution >= 4 is 22.9 Å². The van der Waals surface area contributed by atoms with Crippen molar-refractivity contribution in [2.75, 3.05) is 25.9 Å². The van der Waals surface area contributed by atoms with Gasteiger partial charge in [0.05, 0.1) is 11.6 Å². The van der Waals surface area contributed by atoms with Crippen LogP contribution in [0, 0.1) is 0 Å². The molecule has 0 atom stereocenters. The van der Waals surface area contributed by atoms with Crippen molar-refractivity contribution < 1.29 is 9.53 Å². The van der Waals surface area contributed by atoms with Gasteiger partial charge in [-0.05, 0) is 27.0 Å². The minimum atomic E-state index is -0.424. The van der Waals surface area contributed by atoms with Gasteiger partial charge in [0.1, 0.15) is 5.60 Å². The van der Waals surface area contributed by atoms with Crippen LogP contribution in [-0.2, 0) is 4.74 Å². The number of hydrogen-bond donors (Lipinski definition) is 0. The first kappa shape index (κ1) is 13.4. The summed E-state index contributed by atoms with van der Waals surface area (Å²) < 4.78 is 5.33. The van der Waals surface area contributed by atoms with Crippen LogP contribution in [0.5, 0.6) is 0 Å². The van der Waals surface area contributed by atoms with Crippen molar-refractivity contribution in [3.63, 3.8) is 0 Å². The van der Waals surface area contributed by atoms with Gasteiger partial charge in [-0.3, -0.25) is 4.99 Å². The van der Waals surface area contributed by atoms with E-state index < -0.39 is 5.60 Å². The molecule has 0 bridgehead atoms. The van der Waals surface area contributed by atoms with Crippen LogP contribution in [0.15, 0.2) is 4.99 Å². The summed E-state index contributed by atoms with van der Waals surface area (Å²) in [7, 11) is 0. The van der Waals surface area contributed by atoms with Gasteiger partial charge in [0, 0.05) is 19.5 Å². The maximum absolute atomic E-state index is 11.8. The Hall–Kier alpha value is -0.710. The van der Waals surface area contributed by atoms with E-state index in [4.69, 9.17) is 4.74 Å². The third-order valence-electron chi connectivity index (χ3n) is 2.14. The van der Waals surface area contributed by atoms with E-state index in [1.54, 1.807) is 16.7 Å². The van der Waals surface area contributed by atoms with Crippen molar-refractivity contribution in [3.05, 3.63) is 0 Å². The smallest absolute Gasteiger partial charge is 0.410 e. The average molecular weight is 244 g/mol. The van der Waals surface area contributed by atoms with Crippen LogP contribution >= 0.6 is 11.8 Å². The lowest BCUT2D eigenvalue weighted by Gasteiger charge is -2.26. The zero-order valence-electron chi connectivity index (χ0n) is 10.4. The zero-order valence-corrected chi connectivity index (χ0v) is 11.3. The first-order chi connectivity index (χ1) is 7.42. The number of aliphatic imine (C=N–C) groups is 1. The van der Waals surface area contributed by atoms with Gasteiger partial charge >= 0.3 is 6.09 Å². The van der Waals surface area contributed by atoms with Crippen molar-refractivity contribution in [1.29, 1.82) is 0 Å². The Bertz CT molecular complexity index is 284. The molecule has 1 heterocycles. The topological polar surface area (TPSA) is 41.9 Å². The van der Waals surface area contributed by atoms with Gasteiger partial charge in [-0.25, -0.2) is 4.79 Å². The van der Waals surface area contributed by atoms with Gasteiger partial charge in [-0.15, -0.1) is 11.8 Å². The van der Waals surface area contributed by atoms with E-state index >= 15 is 0 Å². The summed E-state index contributed by atoms with van der Waals surface area (Å²) in [6, 6.07) is 0. The number of thioether (sulfide) groups is 1. The molecule has 0 spiro atoms. The van der Waals surface area contributed by atoms with Crippen LogP contribution in [0.2, 0.25) is 0 Å². The largest absolute Gasteiger partial charge is 0.444 e. The molecule has 4 nitrogen and oxygen atoms in total. The molecule has 5 heteroatoms. The molecule has 0 saturated carbocycles. The third-order valence-corrected chi connectivity index (χ3v) is 2.95. The van der Waals surface area contributed by atoms with Gasteiger partial charge in [0.2, 0.25) is 0 Å². The molecule has 0 aromatic heterocycles. The molecular formula is C11H20N2O2S. The van der Waals surface area contributed by atoms with Crippen molar-refractivity contribution in [2.45, 2.75) is 32.8 Å². The number of amides is 1. The number of rotatable bonds is 0. The summed E-state index contributed by atoms with van der Waals surface area (Å²) in [5, 5.41) is 1.12. The lowest BCUT2D eigenvalue weighted by atomic mass is 10.2. The predicted octanol–water partition coefficient (Wildman–Crippen LogP) is 2.39. The number of hydrogen-bond acceptors (Lipinski definition) is 4. The minimum absolute atomic E-state index is 0.231. The van der Waals surface area contributed by atoms with E-state index in [1.165, 1.54) is 0 Å². The molecular weight excluding hydrogens is 224 g/mol. The number of nitrogens with zero attached hydrogens (tertiary/aromatic N) is 2. The molecule has 92 valence electrons. The van der Waals surface area contributed by atoms with Gasteiger partial charge in [-0.1, -0.05) is 0 Å². The zero-order chi connectivity index (χ0) is 12.2. The van der Waals surface area contributed by atoms with Crippen molar-refractivity contribution in [3.8, 4) is 0 Å². The molecule has 1 aliphatic rings. The second kappa shape index (κ2) is 5.57. The Morgan fingerprint density at radius 2 is 2.12 bits per heavy atom. The Morgan fingerprint density at radius 3 is 2.69 bits per heavy atom. The summed E-state index contributed by atoms with van der Waals surface area (Å²) in [6.07, 6.45) is 2.62. The van der Waals surface area contributed by atoms with E-state index in [9.17, 15) is 4.79 Å². The summed E-state index contributed by atoms with van der Waals surface area (Å²) in [6.45, 7) is 7.68. The van der Waals surface area contributed by atoms with Crippen LogP contribution in [0.4, 0.5) is 4.79 Å². The molecule has 0 aromatic rings. The summed E-state index contributed by atoms with van der Waals surface area (Å²) in [4.78, 5) is 17.9. The lowest BCUT2D eigenvalue weighted by molar-refractivity contribution is 0.0264. The van der Waals surface area contributed by atoms with Crippen LogP contribution in [0.1, 0.15) is 27.2 Å². The molecule has 0 saturated heterocycles. The quantitative estimate of drug-likeness (QED) is 0.657. The fourth-order valence-corrected chi connectivity index (χ4v) is 1.91. The van der Waals surface area contributed by atoms with Crippen LogP contribution in [-0.4, -0.2) is 47.5 Å². The molecule has 0 aromatic carbocycles. The highest BCUT2D eigenvalue weighted by Crippen LogP contribution is 2.13. The molecule has 16 heavy (non-hydrogen) atoms. The monoisotopic (exact) mass is 244 g/mol. The number of ether oxygens (including phenoxy) is 1. The van der Waals surface area contributed by atoms with E-state index in [-0.39, 0.29) is 6.09 Å². The molecule has 0 fully saturated rings. The molecule has 1 rings (SSSR count). The highest BCUT2D eigenvalue weighted by atomic mass is 32.2. The lowest BCUT2D eigenvalue weighted by Crippen LogP contribution is -2.38. The predicted molar refractivity (Wildman–Crippen MR) is 68.2 cm³/mol. The maximum atomic E-state index is 11.8. The van der Waals surface area contributed by atoms with Crippen LogP contribution in [0.25, 0.3) is 0 Å². The molecule has 0 radical (unpaired) electrons. The molecule has 0 aliphatic carbocycles.